The number of nitrogens with one attached hydrogen (secondary N) is 1. The molecule has 0 fully saturated rings. The van der Waals surface area contributed by atoms with Crippen LogP contribution in [0.5, 0.6) is 0 Å². The second-order valence-corrected chi connectivity index (χ2v) is 6.53. The first kappa shape index (κ1) is 19.1. The number of likely N-dealkylation sites (N-methyl/N-ethyl adjacent to an activating group) is 1. The maximum Gasteiger partial charge on any atom is 0.176 e. The van der Waals surface area contributed by atoms with Crippen LogP contribution in [0.25, 0.3) is 0 Å². The Morgan fingerprint density at radius 1 is 1.00 bits per heavy atom. The van der Waals surface area contributed by atoms with Gasteiger partial charge in [0.2, 0.25) is 0 Å². The van der Waals surface area contributed by atoms with Crippen molar-refractivity contribution in [3.8, 4) is 0 Å². The highest BCUT2D eigenvalue weighted by Crippen LogP contribution is 2.20. The van der Waals surface area contributed by atoms with Gasteiger partial charge in [-0.1, -0.05) is 12.1 Å². The zero-order valence-electron chi connectivity index (χ0n) is 15.3. The van der Waals surface area contributed by atoms with Crippen molar-refractivity contribution >= 4 is 11.5 Å². The molecule has 1 N–H and O–H groups in total. The number of carbonyl (C=O) groups is 1. The van der Waals surface area contributed by atoms with Gasteiger partial charge in [-0.15, -0.1) is 0 Å². The molecule has 0 saturated carbocycles. The van der Waals surface area contributed by atoms with Crippen molar-refractivity contribution in [3.63, 3.8) is 0 Å². The van der Waals surface area contributed by atoms with Gasteiger partial charge in [0.05, 0.1) is 6.54 Å². The summed E-state index contributed by atoms with van der Waals surface area (Å²) in [5.41, 5.74) is 2.86. The Balaban J connectivity index is 1.95. The number of hydrogen-bond donors (Lipinski definition) is 1. The second kappa shape index (κ2) is 8.74. The number of halogens is 1. The summed E-state index contributed by atoms with van der Waals surface area (Å²) >= 11 is 0. The fourth-order valence-electron chi connectivity index (χ4n) is 2.65. The lowest BCUT2D eigenvalue weighted by Crippen LogP contribution is -2.33. The minimum absolute atomic E-state index is 0.0412. The van der Waals surface area contributed by atoms with Crippen LogP contribution in [-0.2, 0) is 0 Å². The molecule has 0 bridgehead atoms. The Morgan fingerprint density at radius 3 is 2.12 bits per heavy atom. The van der Waals surface area contributed by atoms with E-state index in [0.717, 1.165) is 5.69 Å². The van der Waals surface area contributed by atoms with E-state index in [1.165, 1.54) is 29.8 Å². The lowest BCUT2D eigenvalue weighted by atomic mass is 10.0. The third-order valence-electron chi connectivity index (χ3n) is 4.21. The van der Waals surface area contributed by atoms with Crippen LogP contribution in [0.4, 0.5) is 10.1 Å². The number of carbonyl (C=O) groups excluding carboxylic acids is 1. The summed E-state index contributed by atoms with van der Waals surface area (Å²) in [4.78, 5) is 16.3. The first-order valence-corrected chi connectivity index (χ1v) is 8.31. The molecule has 0 amide bonds. The molecule has 134 valence electrons. The van der Waals surface area contributed by atoms with Gasteiger partial charge in [-0.25, -0.2) is 4.39 Å². The van der Waals surface area contributed by atoms with Crippen molar-refractivity contribution < 1.29 is 9.18 Å². The number of Topliss-reactive ketones (excluding diaryl/α,β-unsaturated/α-hetero) is 1. The highest BCUT2D eigenvalue weighted by atomic mass is 19.1. The molecule has 0 aliphatic carbocycles. The van der Waals surface area contributed by atoms with Gasteiger partial charge in [-0.3, -0.25) is 4.79 Å². The van der Waals surface area contributed by atoms with Crippen molar-refractivity contribution in [1.29, 1.82) is 0 Å². The summed E-state index contributed by atoms with van der Waals surface area (Å²) in [5, 5.41) is 3.22. The number of anilines is 1. The van der Waals surface area contributed by atoms with Crippen molar-refractivity contribution in [3.05, 3.63) is 65.5 Å². The number of ketones is 1. The Morgan fingerprint density at radius 2 is 1.60 bits per heavy atom. The van der Waals surface area contributed by atoms with Gasteiger partial charge in [-0.2, -0.15) is 0 Å². The van der Waals surface area contributed by atoms with Crippen LogP contribution in [-0.4, -0.2) is 52.0 Å². The standard InChI is InChI=1S/C20H26FN3O/c1-23(2)18-11-7-15(8-12-18)19(24(3)4)13-22-14-20(25)16-5-9-17(21)10-6-16/h5-12,19,22H,13-14H2,1-4H3. The SMILES string of the molecule is CN(C)c1ccc(C(CNCC(=O)c2ccc(F)cc2)N(C)C)cc1. The van der Waals surface area contributed by atoms with E-state index in [0.29, 0.717) is 12.1 Å². The van der Waals surface area contributed by atoms with Crippen LogP contribution in [0, 0.1) is 5.82 Å². The third-order valence-corrected chi connectivity index (χ3v) is 4.21. The summed E-state index contributed by atoms with van der Waals surface area (Å²) in [6.07, 6.45) is 0. The average molecular weight is 343 g/mol. The zero-order chi connectivity index (χ0) is 18.4. The van der Waals surface area contributed by atoms with E-state index in [4.69, 9.17) is 0 Å². The summed E-state index contributed by atoms with van der Waals surface area (Å²) in [6, 6.07) is 14.2. The maximum absolute atomic E-state index is 12.9. The predicted molar refractivity (Wildman–Crippen MR) is 101 cm³/mol. The van der Waals surface area contributed by atoms with E-state index in [9.17, 15) is 9.18 Å². The summed E-state index contributed by atoms with van der Waals surface area (Å²) in [5.74, 6) is -0.376. The molecule has 5 heteroatoms. The second-order valence-electron chi connectivity index (χ2n) is 6.53. The number of rotatable bonds is 8. The largest absolute Gasteiger partial charge is 0.378 e. The molecule has 2 aromatic rings. The van der Waals surface area contributed by atoms with Gasteiger partial charge < -0.3 is 15.1 Å². The van der Waals surface area contributed by atoms with E-state index in [-0.39, 0.29) is 24.2 Å². The highest BCUT2D eigenvalue weighted by molar-refractivity contribution is 5.97. The molecule has 2 rings (SSSR count). The van der Waals surface area contributed by atoms with Crippen molar-refractivity contribution in [2.45, 2.75) is 6.04 Å². The topological polar surface area (TPSA) is 35.6 Å². The van der Waals surface area contributed by atoms with Crippen molar-refractivity contribution in [2.75, 3.05) is 46.2 Å². The van der Waals surface area contributed by atoms with Gasteiger partial charge in [-0.05, 0) is 56.1 Å². The summed E-state index contributed by atoms with van der Waals surface area (Å²) < 4.78 is 12.9. The molecule has 0 heterocycles. The smallest absolute Gasteiger partial charge is 0.176 e. The summed E-state index contributed by atoms with van der Waals surface area (Å²) in [6.45, 7) is 0.882. The van der Waals surface area contributed by atoms with Crippen LogP contribution in [0.1, 0.15) is 22.0 Å². The highest BCUT2D eigenvalue weighted by Gasteiger charge is 2.15. The predicted octanol–water partition coefficient (Wildman–Crippen LogP) is 2.97. The van der Waals surface area contributed by atoms with Gasteiger partial charge >= 0.3 is 0 Å². The van der Waals surface area contributed by atoms with E-state index < -0.39 is 0 Å². The van der Waals surface area contributed by atoms with Gasteiger partial charge in [0.15, 0.2) is 5.78 Å². The fraction of sp³-hybridized carbons (Fsp3) is 0.350. The van der Waals surface area contributed by atoms with E-state index in [2.05, 4.69) is 39.4 Å². The van der Waals surface area contributed by atoms with Crippen LogP contribution in [0.15, 0.2) is 48.5 Å². The van der Waals surface area contributed by atoms with Crippen LogP contribution >= 0.6 is 0 Å². The van der Waals surface area contributed by atoms with Crippen LogP contribution in [0.2, 0.25) is 0 Å². The molecular weight excluding hydrogens is 317 g/mol. The number of benzene rings is 2. The molecular formula is C20H26FN3O. The van der Waals surface area contributed by atoms with Crippen LogP contribution < -0.4 is 10.2 Å². The third kappa shape index (κ3) is 5.37. The Hall–Kier alpha value is -2.24. The molecule has 4 nitrogen and oxygen atoms in total. The molecule has 2 aromatic carbocycles. The monoisotopic (exact) mass is 343 g/mol. The molecule has 0 radical (unpaired) electrons. The molecule has 1 atom stereocenters. The molecule has 25 heavy (non-hydrogen) atoms. The van der Waals surface area contributed by atoms with E-state index in [1.54, 1.807) is 0 Å². The Bertz CT molecular complexity index is 681. The van der Waals surface area contributed by atoms with Crippen LogP contribution in [0.3, 0.4) is 0 Å². The minimum atomic E-state index is -0.335. The van der Waals surface area contributed by atoms with Crippen molar-refractivity contribution in [2.24, 2.45) is 0 Å². The lowest BCUT2D eigenvalue weighted by molar-refractivity contribution is 0.0988. The minimum Gasteiger partial charge on any atom is -0.378 e. The normalized spacial score (nSPS) is 12.2. The summed E-state index contributed by atoms with van der Waals surface area (Å²) in [7, 11) is 8.07. The number of nitrogens with zero attached hydrogens (tertiary/aromatic N) is 2. The first-order chi connectivity index (χ1) is 11.9. The first-order valence-electron chi connectivity index (χ1n) is 8.31. The van der Waals surface area contributed by atoms with Gasteiger partial charge in [0, 0.05) is 37.9 Å². The molecule has 0 saturated heterocycles. The van der Waals surface area contributed by atoms with E-state index in [1.807, 2.05) is 28.2 Å². The average Bonchev–Trinajstić information content (AvgIpc) is 2.59. The maximum atomic E-state index is 12.9. The van der Waals surface area contributed by atoms with Gasteiger partial charge in [0.1, 0.15) is 5.82 Å². The molecule has 1 unspecified atom stereocenters. The lowest BCUT2D eigenvalue weighted by Gasteiger charge is -2.25. The quantitative estimate of drug-likeness (QED) is 0.748. The van der Waals surface area contributed by atoms with E-state index >= 15 is 0 Å². The molecule has 0 aliphatic rings. The molecule has 0 aliphatic heterocycles. The fourth-order valence-corrected chi connectivity index (χ4v) is 2.65. The Labute approximate surface area is 149 Å². The Kier molecular flexibility index (Phi) is 6.67. The van der Waals surface area contributed by atoms with Crippen molar-refractivity contribution in [1.82, 2.24) is 10.2 Å². The zero-order valence-corrected chi connectivity index (χ0v) is 15.3. The molecule has 0 spiro atoms. The number of hydrogen-bond acceptors (Lipinski definition) is 4. The molecule has 0 aromatic heterocycles. The van der Waals surface area contributed by atoms with Gasteiger partial charge in [0.25, 0.3) is 0 Å².